The topological polar surface area (TPSA) is 6.48 Å². The van der Waals surface area contributed by atoms with Crippen molar-refractivity contribution >= 4 is 32.9 Å². The van der Waals surface area contributed by atoms with Crippen LogP contribution in [0.5, 0.6) is 0 Å². The molecule has 6 rings (SSSR count). The number of unbranched alkanes of at least 4 members (excludes halogenated alkanes) is 2. The zero-order chi connectivity index (χ0) is 26.5. The number of benzene rings is 4. The molecule has 4 aromatic carbocycles. The van der Waals surface area contributed by atoms with Gasteiger partial charge in [0.15, 0.2) is 0 Å². The monoisotopic (exact) mass is 504 g/mol. The van der Waals surface area contributed by atoms with Gasteiger partial charge in [0.2, 0.25) is 0 Å². The molecule has 0 atom stereocenters. The lowest BCUT2D eigenvalue weighted by molar-refractivity contribution is 0.661. The second-order valence-electron chi connectivity index (χ2n) is 10.8. The molecule has 0 spiro atoms. The fraction of sp³-hybridized carbons (Fsp3) is 0.389. The molecule has 2 nitrogen and oxygen atoms in total. The summed E-state index contributed by atoms with van der Waals surface area (Å²) >= 11 is 0. The second-order valence-corrected chi connectivity index (χ2v) is 10.8. The number of fused-ring (bicyclic) bond motifs is 6. The summed E-state index contributed by atoms with van der Waals surface area (Å²) < 4.78 is 0. The van der Waals surface area contributed by atoms with Crippen LogP contribution in [0.3, 0.4) is 0 Å². The molecule has 2 heteroatoms. The van der Waals surface area contributed by atoms with Gasteiger partial charge in [0.05, 0.1) is 0 Å². The van der Waals surface area contributed by atoms with Crippen LogP contribution in [0, 0.1) is 0 Å². The number of hydrogen-bond acceptors (Lipinski definition) is 2. The zero-order valence-electron chi connectivity index (χ0n) is 23.6. The zero-order valence-corrected chi connectivity index (χ0v) is 23.6. The molecular weight excluding hydrogens is 460 g/mol. The normalized spacial score (nSPS) is 14.7. The molecule has 0 N–H and O–H groups in total. The van der Waals surface area contributed by atoms with E-state index in [0.717, 1.165) is 0 Å². The molecule has 0 amide bonds. The van der Waals surface area contributed by atoms with E-state index in [4.69, 9.17) is 0 Å². The molecule has 0 radical (unpaired) electrons. The van der Waals surface area contributed by atoms with E-state index >= 15 is 0 Å². The van der Waals surface area contributed by atoms with Crippen LogP contribution in [0.4, 0.5) is 11.4 Å². The van der Waals surface area contributed by atoms with Crippen molar-refractivity contribution in [2.75, 3.05) is 36.0 Å². The predicted octanol–water partition coefficient (Wildman–Crippen LogP) is 9.57. The highest BCUT2D eigenvalue weighted by Gasteiger charge is 2.25. The Morgan fingerprint density at radius 2 is 1.00 bits per heavy atom. The van der Waals surface area contributed by atoms with Crippen molar-refractivity contribution in [3.63, 3.8) is 0 Å². The molecular formula is C36H44N2. The summed E-state index contributed by atoms with van der Waals surface area (Å²) in [6.07, 6.45) is 9.90. The third-order valence-electron chi connectivity index (χ3n) is 8.42. The Bertz CT molecular complexity index is 1290. The molecule has 0 bridgehead atoms. The van der Waals surface area contributed by atoms with E-state index in [1.807, 2.05) is 0 Å². The predicted molar refractivity (Wildman–Crippen MR) is 169 cm³/mol. The molecule has 198 valence electrons. The third kappa shape index (κ3) is 4.82. The molecule has 2 aliphatic rings. The molecule has 0 aromatic heterocycles. The number of anilines is 2. The Morgan fingerprint density at radius 1 is 0.605 bits per heavy atom. The van der Waals surface area contributed by atoms with Gasteiger partial charge in [0.25, 0.3) is 0 Å². The lowest BCUT2D eigenvalue weighted by atomic mass is 9.85. The van der Waals surface area contributed by atoms with Crippen LogP contribution in [-0.2, 0) is 12.8 Å². The summed E-state index contributed by atoms with van der Waals surface area (Å²) in [5, 5.41) is 5.69. The Labute approximate surface area is 230 Å². The van der Waals surface area contributed by atoms with Gasteiger partial charge in [-0.2, -0.15) is 0 Å². The summed E-state index contributed by atoms with van der Waals surface area (Å²) in [5.74, 6) is 0. The van der Waals surface area contributed by atoms with Crippen LogP contribution in [0.25, 0.3) is 32.7 Å². The second kappa shape index (κ2) is 12.1. The average Bonchev–Trinajstić information content (AvgIpc) is 2.99. The molecule has 0 saturated heterocycles. The first-order valence-corrected chi connectivity index (χ1v) is 14.9. The minimum absolute atomic E-state index is 1.17. The highest BCUT2D eigenvalue weighted by Crippen LogP contribution is 2.45. The maximum Gasteiger partial charge on any atom is 0.0478 e. The van der Waals surface area contributed by atoms with Gasteiger partial charge in [-0.05, 0) is 83.7 Å². The number of hydrogen-bond donors (Lipinski definition) is 0. The quantitative estimate of drug-likeness (QED) is 0.231. The van der Waals surface area contributed by atoms with Crippen molar-refractivity contribution in [3.05, 3.63) is 84.9 Å². The van der Waals surface area contributed by atoms with Crippen LogP contribution < -0.4 is 9.80 Å². The van der Waals surface area contributed by atoms with Crippen LogP contribution in [-0.4, -0.2) is 26.2 Å². The first-order chi connectivity index (χ1) is 18.8. The number of nitrogens with zero attached hydrogens (tertiary/aromatic N) is 2. The van der Waals surface area contributed by atoms with Crippen LogP contribution in [0.1, 0.15) is 63.5 Å². The van der Waals surface area contributed by atoms with Crippen molar-refractivity contribution in [2.45, 2.75) is 65.2 Å². The van der Waals surface area contributed by atoms with Gasteiger partial charge in [0, 0.05) is 48.3 Å². The van der Waals surface area contributed by atoms with E-state index in [1.165, 1.54) is 133 Å². The van der Waals surface area contributed by atoms with E-state index in [1.54, 1.807) is 0 Å². The van der Waals surface area contributed by atoms with Gasteiger partial charge >= 0.3 is 0 Å². The van der Waals surface area contributed by atoms with E-state index in [0.29, 0.717) is 0 Å². The van der Waals surface area contributed by atoms with Gasteiger partial charge in [-0.15, -0.1) is 13.2 Å². The Kier molecular flexibility index (Phi) is 8.37. The molecule has 0 saturated carbocycles. The summed E-state index contributed by atoms with van der Waals surface area (Å²) in [6, 6.07) is 23.5. The summed E-state index contributed by atoms with van der Waals surface area (Å²) in [6.45, 7) is 15.3. The fourth-order valence-electron chi connectivity index (χ4n) is 6.70. The van der Waals surface area contributed by atoms with Crippen molar-refractivity contribution in [1.82, 2.24) is 0 Å². The molecule has 0 unspecified atom stereocenters. The number of rotatable bonds is 7. The van der Waals surface area contributed by atoms with Crippen molar-refractivity contribution in [3.8, 4) is 11.1 Å². The maximum atomic E-state index is 3.00. The van der Waals surface area contributed by atoms with Gasteiger partial charge in [-0.1, -0.05) is 75.2 Å². The third-order valence-corrected chi connectivity index (χ3v) is 8.42. The van der Waals surface area contributed by atoms with Gasteiger partial charge in [-0.25, -0.2) is 0 Å². The molecule has 0 fully saturated rings. The van der Waals surface area contributed by atoms with Gasteiger partial charge < -0.3 is 9.80 Å². The Morgan fingerprint density at radius 3 is 1.39 bits per heavy atom. The van der Waals surface area contributed by atoms with E-state index in [9.17, 15) is 0 Å². The van der Waals surface area contributed by atoms with E-state index in [-0.39, 0.29) is 0 Å². The highest BCUT2D eigenvalue weighted by atomic mass is 15.1. The number of aryl methyl sites for hydroxylation is 2. The first kappa shape index (κ1) is 26.4. The maximum absolute atomic E-state index is 3.00. The average molecular weight is 505 g/mol. The SMILES string of the molecule is C=C.CCCCN1CCCc2cc(-c3cc4c(c5ccccc35)N(CCCC)CCC4)c3ccccc3c21. The lowest BCUT2D eigenvalue weighted by Gasteiger charge is -2.35. The molecule has 38 heavy (non-hydrogen) atoms. The molecule has 2 aliphatic heterocycles. The fourth-order valence-corrected chi connectivity index (χ4v) is 6.70. The minimum atomic E-state index is 1.17. The standard InChI is InChI=1S/C34H40N2.C2H4/c1-3-5-19-35-21-11-13-25-23-31(27-15-7-9-17-29(27)33(25)35)32-24-26-14-12-22-36(20-6-4-2)34(26)30-18-10-8-16-28(30)32;1-2/h7-10,15-18,23-24H,3-6,11-14,19-22H2,1-2H3;1-2H2. The largest absolute Gasteiger partial charge is 0.371 e. The van der Waals surface area contributed by atoms with Crippen molar-refractivity contribution in [1.29, 1.82) is 0 Å². The van der Waals surface area contributed by atoms with Crippen molar-refractivity contribution in [2.24, 2.45) is 0 Å². The summed E-state index contributed by atoms with van der Waals surface area (Å²) in [7, 11) is 0. The summed E-state index contributed by atoms with van der Waals surface area (Å²) in [5.41, 5.74) is 8.93. The van der Waals surface area contributed by atoms with Gasteiger partial charge in [0.1, 0.15) is 0 Å². The first-order valence-electron chi connectivity index (χ1n) is 14.9. The van der Waals surface area contributed by atoms with Crippen LogP contribution in [0.2, 0.25) is 0 Å². The van der Waals surface area contributed by atoms with Crippen molar-refractivity contribution < 1.29 is 0 Å². The Hall–Kier alpha value is -3.26. The molecule has 0 aliphatic carbocycles. The minimum Gasteiger partial charge on any atom is -0.371 e. The molecule has 4 aromatic rings. The van der Waals surface area contributed by atoms with E-state index < -0.39 is 0 Å². The highest BCUT2D eigenvalue weighted by molar-refractivity contribution is 6.12. The van der Waals surface area contributed by atoms with Crippen LogP contribution >= 0.6 is 0 Å². The van der Waals surface area contributed by atoms with Crippen LogP contribution in [0.15, 0.2) is 73.8 Å². The van der Waals surface area contributed by atoms with E-state index in [2.05, 4.69) is 97.5 Å². The smallest absolute Gasteiger partial charge is 0.0478 e. The molecule has 2 heterocycles. The Balaban J connectivity index is 0.00000144. The van der Waals surface area contributed by atoms with Gasteiger partial charge in [-0.3, -0.25) is 0 Å². The summed E-state index contributed by atoms with van der Waals surface area (Å²) in [4.78, 5) is 5.34. The lowest BCUT2D eigenvalue weighted by Crippen LogP contribution is -2.30.